The van der Waals surface area contributed by atoms with E-state index in [1.54, 1.807) is 0 Å². The third-order valence-corrected chi connectivity index (χ3v) is 7.16. The van der Waals surface area contributed by atoms with Gasteiger partial charge in [0.2, 0.25) is 0 Å². The molecule has 0 amide bonds. The zero-order valence-electron chi connectivity index (χ0n) is 24.4. The standard InChI is InChI=1S/C33H60O4/c1-3-5-6-7-8-9-10-11-12-13-14-15-16-17-18-19-20-21-22-23-24-25-26-27-28-31(30-32(34)35)33(36)37-29-4-2/h4,21-22,31H,2-3,5-20,23-30H2,1H3,(H,34,35)/b22-21+. The van der Waals surface area contributed by atoms with Crippen LogP contribution in [0.5, 0.6) is 0 Å². The minimum Gasteiger partial charge on any atom is -0.481 e. The number of rotatable bonds is 29. The van der Waals surface area contributed by atoms with Crippen LogP contribution in [0.15, 0.2) is 24.8 Å². The number of carbonyl (C=O) groups excluding carboxylic acids is 1. The van der Waals surface area contributed by atoms with Crippen molar-refractivity contribution in [2.75, 3.05) is 6.61 Å². The minimum atomic E-state index is -0.949. The van der Waals surface area contributed by atoms with Crippen LogP contribution in [0.25, 0.3) is 0 Å². The second kappa shape index (κ2) is 29.0. The Labute approximate surface area is 229 Å². The molecule has 0 aliphatic rings. The number of unbranched alkanes of at least 4 members (excludes halogenated alkanes) is 20. The summed E-state index contributed by atoms with van der Waals surface area (Å²) >= 11 is 0. The molecule has 37 heavy (non-hydrogen) atoms. The molecule has 0 aliphatic carbocycles. The van der Waals surface area contributed by atoms with Crippen molar-refractivity contribution in [1.82, 2.24) is 0 Å². The molecule has 0 radical (unpaired) electrons. The molecule has 0 saturated heterocycles. The monoisotopic (exact) mass is 520 g/mol. The fraction of sp³-hybridized carbons (Fsp3) is 0.818. The molecule has 0 aromatic rings. The summed E-state index contributed by atoms with van der Waals surface area (Å²) in [7, 11) is 0. The van der Waals surface area contributed by atoms with Gasteiger partial charge >= 0.3 is 11.9 Å². The Morgan fingerprint density at radius 2 is 1.08 bits per heavy atom. The van der Waals surface area contributed by atoms with E-state index in [-0.39, 0.29) is 13.0 Å². The second-order valence-corrected chi connectivity index (χ2v) is 10.8. The van der Waals surface area contributed by atoms with Crippen LogP contribution in [0.4, 0.5) is 0 Å². The number of carboxylic acids is 1. The third kappa shape index (κ3) is 27.3. The fourth-order valence-corrected chi connectivity index (χ4v) is 4.83. The average molecular weight is 521 g/mol. The Morgan fingerprint density at radius 1 is 0.676 bits per heavy atom. The molecule has 0 heterocycles. The third-order valence-electron chi connectivity index (χ3n) is 7.16. The SMILES string of the molecule is C=CCOC(=O)C(CCCCCC/C=C/CCCCCCCCCCCCCCCCCC)CC(=O)O. The van der Waals surface area contributed by atoms with Gasteiger partial charge in [0.15, 0.2) is 0 Å². The maximum atomic E-state index is 12.0. The lowest BCUT2D eigenvalue weighted by molar-refractivity contribution is -0.152. The van der Waals surface area contributed by atoms with E-state index in [0.29, 0.717) is 6.42 Å². The molecule has 0 bridgehead atoms. The lowest BCUT2D eigenvalue weighted by Crippen LogP contribution is -2.21. The summed E-state index contributed by atoms with van der Waals surface area (Å²) in [6.07, 6.45) is 35.6. The maximum Gasteiger partial charge on any atom is 0.309 e. The molecule has 1 N–H and O–H groups in total. The van der Waals surface area contributed by atoms with Crippen molar-refractivity contribution in [3.8, 4) is 0 Å². The summed E-state index contributed by atoms with van der Waals surface area (Å²) in [5.41, 5.74) is 0. The fourth-order valence-electron chi connectivity index (χ4n) is 4.83. The molecule has 1 unspecified atom stereocenters. The zero-order valence-corrected chi connectivity index (χ0v) is 24.4. The predicted molar refractivity (Wildman–Crippen MR) is 158 cm³/mol. The first-order chi connectivity index (χ1) is 18.1. The van der Waals surface area contributed by atoms with E-state index in [1.807, 2.05) is 0 Å². The van der Waals surface area contributed by atoms with Gasteiger partial charge < -0.3 is 9.84 Å². The van der Waals surface area contributed by atoms with Crippen molar-refractivity contribution >= 4 is 11.9 Å². The van der Waals surface area contributed by atoms with Crippen LogP contribution in [0.3, 0.4) is 0 Å². The van der Waals surface area contributed by atoms with E-state index in [9.17, 15) is 9.59 Å². The Kier molecular flexibility index (Phi) is 27.7. The largest absolute Gasteiger partial charge is 0.481 e. The number of carboxylic acid groups (broad SMARTS) is 1. The van der Waals surface area contributed by atoms with Gasteiger partial charge in [-0.3, -0.25) is 9.59 Å². The molecule has 1 atom stereocenters. The summed E-state index contributed by atoms with van der Waals surface area (Å²) in [6.45, 7) is 5.94. The van der Waals surface area contributed by atoms with Crippen molar-refractivity contribution in [2.24, 2.45) is 5.92 Å². The minimum absolute atomic E-state index is 0.140. The van der Waals surface area contributed by atoms with Gasteiger partial charge in [0.05, 0.1) is 12.3 Å². The van der Waals surface area contributed by atoms with Crippen molar-refractivity contribution < 1.29 is 19.4 Å². The highest BCUT2D eigenvalue weighted by Gasteiger charge is 2.22. The van der Waals surface area contributed by atoms with Crippen LogP contribution < -0.4 is 0 Å². The quantitative estimate of drug-likeness (QED) is 0.0605. The number of ether oxygens (including phenoxy) is 1. The molecule has 0 spiro atoms. The average Bonchev–Trinajstić information content (AvgIpc) is 2.88. The van der Waals surface area contributed by atoms with E-state index in [1.165, 1.54) is 115 Å². The molecule has 0 fully saturated rings. The molecule has 0 aliphatic heterocycles. The molecule has 0 aromatic heterocycles. The summed E-state index contributed by atoms with van der Waals surface area (Å²) in [5.74, 6) is -1.91. The topological polar surface area (TPSA) is 63.6 Å². The summed E-state index contributed by atoms with van der Waals surface area (Å²) in [5, 5.41) is 9.01. The van der Waals surface area contributed by atoms with E-state index < -0.39 is 17.9 Å². The normalized spacial score (nSPS) is 12.1. The van der Waals surface area contributed by atoms with Gasteiger partial charge in [0.1, 0.15) is 6.61 Å². The Hall–Kier alpha value is -1.58. The van der Waals surface area contributed by atoms with Gasteiger partial charge in [0, 0.05) is 0 Å². The van der Waals surface area contributed by atoms with Crippen LogP contribution in [0, 0.1) is 5.92 Å². The molecule has 216 valence electrons. The van der Waals surface area contributed by atoms with E-state index >= 15 is 0 Å². The van der Waals surface area contributed by atoms with Crippen molar-refractivity contribution in [2.45, 2.75) is 161 Å². The van der Waals surface area contributed by atoms with Crippen LogP contribution in [-0.4, -0.2) is 23.7 Å². The lowest BCUT2D eigenvalue weighted by Gasteiger charge is -2.13. The lowest BCUT2D eigenvalue weighted by atomic mass is 9.97. The Morgan fingerprint density at radius 3 is 1.49 bits per heavy atom. The second-order valence-electron chi connectivity index (χ2n) is 10.8. The molecule has 4 nitrogen and oxygen atoms in total. The van der Waals surface area contributed by atoms with Gasteiger partial charge in [-0.15, -0.1) is 0 Å². The number of carbonyl (C=O) groups is 2. The highest BCUT2D eigenvalue weighted by molar-refractivity contribution is 5.79. The summed E-state index contributed by atoms with van der Waals surface area (Å²) in [4.78, 5) is 22.9. The maximum absolute atomic E-state index is 12.0. The van der Waals surface area contributed by atoms with E-state index in [4.69, 9.17) is 9.84 Å². The number of hydrogen-bond acceptors (Lipinski definition) is 3. The van der Waals surface area contributed by atoms with Crippen molar-refractivity contribution in [1.29, 1.82) is 0 Å². The Balaban J connectivity index is 3.41. The first-order valence-electron chi connectivity index (χ1n) is 15.8. The number of esters is 1. The summed E-state index contributed by atoms with van der Waals surface area (Å²) in [6, 6.07) is 0. The zero-order chi connectivity index (χ0) is 27.2. The first kappa shape index (κ1) is 35.4. The van der Waals surface area contributed by atoms with Crippen molar-refractivity contribution in [3.05, 3.63) is 24.8 Å². The van der Waals surface area contributed by atoms with Gasteiger partial charge in [0.25, 0.3) is 0 Å². The Bertz CT molecular complexity index is 555. The van der Waals surface area contributed by atoms with Gasteiger partial charge in [-0.1, -0.05) is 147 Å². The highest BCUT2D eigenvalue weighted by atomic mass is 16.5. The number of hydrogen-bond donors (Lipinski definition) is 1. The molecule has 0 aromatic carbocycles. The van der Waals surface area contributed by atoms with Crippen LogP contribution >= 0.6 is 0 Å². The molecular weight excluding hydrogens is 460 g/mol. The number of allylic oxidation sites excluding steroid dienone is 2. The van der Waals surface area contributed by atoms with Gasteiger partial charge in [-0.2, -0.15) is 0 Å². The smallest absolute Gasteiger partial charge is 0.309 e. The summed E-state index contributed by atoms with van der Waals surface area (Å²) < 4.78 is 5.03. The van der Waals surface area contributed by atoms with Crippen LogP contribution in [0.1, 0.15) is 161 Å². The predicted octanol–water partition coefficient (Wildman–Crippen LogP) is 10.4. The van der Waals surface area contributed by atoms with Crippen LogP contribution in [0.2, 0.25) is 0 Å². The van der Waals surface area contributed by atoms with Gasteiger partial charge in [-0.25, -0.2) is 0 Å². The first-order valence-corrected chi connectivity index (χ1v) is 15.8. The molecule has 0 saturated carbocycles. The highest BCUT2D eigenvalue weighted by Crippen LogP contribution is 2.18. The van der Waals surface area contributed by atoms with E-state index in [0.717, 1.165) is 32.1 Å². The van der Waals surface area contributed by atoms with Crippen LogP contribution in [-0.2, 0) is 14.3 Å². The van der Waals surface area contributed by atoms with Crippen molar-refractivity contribution in [3.63, 3.8) is 0 Å². The molecular formula is C33H60O4. The van der Waals surface area contributed by atoms with E-state index in [2.05, 4.69) is 25.7 Å². The van der Waals surface area contributed by atoms with Gasteiger partial charge in [-0.05, 0) is 32.1 Å². The molecule has 4 heteroatoms. The molecule has 0 rings (SSSR count). The number of aliphatic carboxylic acids is 1.